The van der Waals surface area contributed by atoms with Crippen LogP contribution >= 0.6 is 15.9 Å². The molecule has 6 nitrogen and oxygen atoms in total. The molecule has 0 aromatic heterocycles. The average molecular weight is 419 g/mol. The van der Waals surface area contributed by atoms with Gasteiger partial charge in [-0.15, -0.1) is 0 Å². The van der Waals surface area contributed by atoms with E-state index in [9.17, 15) is 4.79 Å². The number of hydrogen-bond donors (Lipinski definition) is 1. The van der Waals surface area contributed by atoms with Crippen molar-refractivity contribution in [2.45, 2.75) is 0 Å². The van der Waals surface area contributed by atoms with E-state index in [0.717, 1.165) is 15.8 Å². The highest BCUT2D eigenvalue weighted by atomic mass is 79.9. The van der Waals surface area contributed by atoms with Gasteiger partial charge in [-0.2, -0.15) is 5.10 Å². The molecule has 0 unspecified atom stereocenters. The number of allylic oxidation sites excluding steroid dienone is 1. The van der Waals surface area contributed by atoms with Crippen molar-refractivity contribution < 1.29 is 19.0 Å². The molecule has 0 fully saturated rings. The molecule has 2 rings (SSSR count). The number of nitrogens with one attached hydrogen (secondary N) is 1. The van der Waals surface area contributed by atoms with E-state index in [1.165, 1.54) is 13.3 Å². The number of amides is 1. The molecule has 0 aliphatic rings. The number of hydrogen-bond acceptors (Lipinski definition) is 5. The lowest BCUT2D eigenvalue weighted by Crippen LogP contribution is -2.24. The Hall–Kier alpha value is -2.80. The first-order valence-corrected chi connectivity index (χ1v) is 8.50. The Morgan fingerprint density at radius 1 is 1.12 bits per heavy atom. The van der Waals surface area contributed by atoms with E-state index in [4.69, 9.17) is 14.2 Å². The Balaban J connectivity index is 1.77. The van der Waals surface area contributed by atoms with Gasteiger partial charge in [0.15, 0.2) is 18.1 Å². The summed E-state index contributed by atoms with van der Waals surface area (Å²) in [5, 5.41) is 3.83. The Labute approximate surface area is 160 Å². The highest BCUT2D eigenvalue weighted by molar-refractivity contribution is 9.10. The molecule has 1 amide bonds. The number of halogens is 1. The van der Waals surface area contributed by atoms with Gasteiger partial charge in [0.2, 0.25) is 0 Å². The van der Waals surface area contributed by atoms with Crippen molar-refractivity contribution >= 4 is 34.1 Å². The van der Waals surface area contributed by atoms with Crippen LogP contribution in [0.1, 0.15) is 5.56 Å². The number of hydrazone groups is 1. The van der Waals surface area contributed by atoms with Gasteiger partial charge >= 0.3 is 0 Å². The van der Waals surface area contributed by atoms with Crippen LogP contribution in [0.25, 0.3) is 6.08 Å². The molecule has 0 saturated heterocycles. The zero-order chi connectivity index (χ0) is 18.8. The fourth-order valence-corrected chi connectivity index (χ4v) is 2.30. The number of carbonyl (C=O) groups excluding carboxylic acids is 1. The third-order valence-corrected chi connectivity index (χ3v) is 3.73. The lowest BCUT2D eigenvalue weighted by molar-refractivity contribution is -0.123. The number of rotatable bonds is 8. The predicted octanol–water partition coefficient (Wildman–Crippen LogP) is 3.66. The van der Waals surface area contributed by atoms with E-state index >= 15 is 0 Å². The molecule has 0 spiro atoms. The first-order valence-electron chi connectivity index (χ1n) is 7.71. The first-order chi connectivity index (χ1) is 12.6. The molecular weight excluding hydrogens is 400 g/mol. The molecular formula is C19H19BrN2O4. The van der Waals surface area contributed by atoms with Gasteiger partial charge in [0, 0.05) is 10.7 Å². The quantitative estimate of drug-likeness (QED) is 0.524. The minimum atomic E-state index is -0.371. The summed E-state index contributed by atoms with van der Waals surface area (Å²) in [5.74, 6) is 1.45. The van der Waals surface area contributed by atoms with Crippen molar-refractivity contribution in [3.05, 3.63) is 58.6 Å². The van der Waals surface area contributed by atoms with E-state index in [1.54, 1.807) is 31.4 Å². The molecule has 26 heavy (non-hydrogen) atoms. The van der Waals surface area contributed by atoms with Gasteiger partial charge in [-0.1, -0.05) is 34.1 Å². The summed E-state index contributed by atoms with van der Waals surface area (Å²) in [6.45, 7) is -0.169. The van der Waals surface area contributed by atoms with Crippen LogP contribution in [0.4, 0.5) is 0 Å². The topological polar surface area (TPSA) is 69.2 Å². The lowest BCUT2D eigenvalue weighted by Gasteiger charge is -2.09. The number of carbonyl (C=O) groups is 1. The standard InChI is InChI=1S/C19H19BrN2O4/c1-24-16-8-5-14(6-9-16)4-3-11-21-22-19(23)13-26-17-10-7-15(20)12-18(17)25-2/h3-12H,13H2,1-2H3,(H,22,23)/b4-3-,21-11?. The average Bonchev–Trinajstić information content (AvgIpc) is 2.67. The van der Waals surface area contributed by atoms with Crippen molar-refractivity contribution in [3.8, 4) is 17.2 Å². The number of methoxy groups -OCH3 is 2. The summed E-state index contributed by atoms with van der Waals surface area (Å²) in [6, 6.07) is 12.9. The molecule has 136 valence electrons. The summed E-state index contributed by atoms with van der Waals surface area (Å²) < 4.78 is 16.6. The van der Waals surface area contributed by atoms with Crippen molar-refractivity contribution in [1.82, 2.24) is 5.43 Å². The highest BCUT2D eigenvalue weighted by Crippen LogP contribution is 2.29. The highest BCUT2D eigenvalue weighted by Gasteiger charge is 2.07. The van der Waals surface area contributed by atoms with Crippen molar-refractivity contribution in [1.29, 1.82) is 0 Å². The van der Waals surface area contributed by atoms with E-state index < -0.39 is 0 Å². The van der Waals surface area contributed by atoms with Crippen molar-refractivity contribution in [3.63, 3.8) is 0 Å². The van der Waals surface area contributed by atoms with Crippen LogP contribution in [0.5, 0.6) is 17.2 Å². The second kappa shape index (κ2) is 10.2. The van der Waals surface area contributed by atoms with Gasteiger partial charge in [-0.05, 0) is 42.0 Å². The normalized spacial score (nSPS) is 10.9. The molecule has 0 radical (unpaired) electrons. The molecule has 0 atom stereocenters. The lowest BCUT2D eigenvalue weighted by atomic mass is 10.2. The molecule has 7 heteroatoms. The Morgan fingerprint density at radius 3 is 2.58 bits per heavy atom. The first kappa shape index (κ1) is 19.5. The number of nitrogens with zero attached hydrogens (tertiary/aromatic N) is 1. The summed E-state index contributed by atoms with van der Waals surface area (Å²) in [6.07, 6.45) is 5.07. The van der Waals surface area contributed by atoms with Crippen LogP contribution in [0.3, 0.4) is 0 Å². The monoisotopic (exact) mass is 418 g/mol. The van der Waals surface area contributed by atoms with Gasteiger partial charge in [0.25, 0.3) is 5.91 Å². The molecule has 2 aromatic rings. The van der Waals surface area contributed by atoms with Crippen molar-refractivity contribution in [2.24, 2.45) is 5.10 Å². The van der Waals surface area contributed by atoms with Crippen LogP contribution in [0, 0.1) is 0 Å². The maximum Gasteiger partial charge on any atom is 0.277 e. The van der Waals surface area contributed by atoms with Gasteiger partial charge in [0.05, 0.1) is 14.2 Å². The molecule has 0 bridgehead atoms. The van der Waals surface area contributed by atoms with Crippen LogP contribution in [0.2, 0.25) is 0 Å². The molecule has 0 aliphatic carbocycles. The predicted molar refractivity (Wildman–Crippen MR) is 105 cm³/mol. The zero-order valence-corrected chi connectivity index (χ0v) is 16.0. The largest absolute Gasteiger partial charge is 0.497 e. The Morgan fingerprint density at radius 2 is 1.88 bits per heavy atom. The van der Waals surface area contributed by atoms with Crippen LogP contribution in [-0.2, 0) is 4.79 Å². The van der Waals surface area contributed by atoms with E-state index in [2.05, 4.69) is 26.5 Å². The van der Waals surface area contributed by atoms with Gasteiger partial charge in [-0.3, -0.25) is 4.79 Å². The minimum absolute atomic E-state index is 0.169. The minimum Gasteiger partial charge on any atom is -0.497 e. The zero-order valence-electron chi connectivity index (χ0n) is 14.4. The smallest absolute Gasteiger partial charge is 0.277 e. The van der Waals surface area contributed by atoms with Gasteiger partial charge in [-0.25, -0.2) is 5.43 Å². The van der Waals surface area contributed by atoms with Crippen molar-refractivity contribution in [2.75, 3.05) is 20.8 Å². The second-order valence-corrected chi connectivity index (χ2v) is 5.94. The fraction of sp³-hybridized carbons (Fsp3) is 0.158. The third kappa shape index (κ3) is 6.25. The van der Waals surface area contributed by atoms with E-state index in [0.29, 0.717) is 11.5 Å². The SMILES string of the molecule is COc1ccc(/C=C\C=NNC(=O)COc2ccc(Br)cc2OC)cc1. The second-order valence-electron chi connectivity index (χ2n) is 5.03. The fourth-order valence-electron chi connectivity index (χ4n) is 1.96. The molecule has 2 aromatic carbocycles. The molecule has 1 N–H and O–H groups in total. The molecule has 0 heterocycles. The molecule has 0 saturated carbocycles. The summed E-state index contributed by atoms with van der Waals surface area (Å²) in [5.41, 5.74) is 3.39. The van der Waals surface area contributed by atoms with Gasteiger partial charge in [0.1, 0.15) is 5.75 Å². The van der Waals surface area contributed by atoms with Crippen LogP contribution in [0.15, 0.2) is 58.1 Å². The number of benzene rings is 2. The van der Waals surface area contributed by atoms with Crippen LogP contribution < -0.4 is 19.6 Å². The summed E-state index contributed by atoms with van der Waals surface area (Å²) in [4.78, 5) is 11.7. The Kier molecular flexibility index (Phi) is 7.70. The van der Waals surface area contributed by atoms with E-state index in [1.807, 2.05) is 30.3 Å². The third-order valence-electron chi connectivity index (χ3n) is 3.24. The van der Waals surface area contributed by atoms with Gasteiger partial charge < -0.3 is 14.2 Å². The maximum atomic E-state index is 11.7. The molecule has 0 aliphatic heterocycles. The van der Waals surface area contributed by atoms with Crippen LogP contribution in [-0.4, -0.2) is 32.9 Å². The van der Waals surface area contributed by atoms with E-state index in [-0.39, 0.29) is 12.5 Å². The maximum absolute atomic E-state index is 11.7. The number of ether oxygens (including phenoxy) is 3. The Bertz CT molecular complexity index is 789. The summed E-state index contributed by atoms with van der Waals surface area (Å²) >= 11 is 3.34. The summed E-state index contributed by atoms with van der Waals surface area (Å²) in [7, 11) is 3.16.